The van der Waals surface area contributed by atoms with Crippen LogP contribution in [0.1, 0.15) is 16.1 Å². The first-order valence-corrected chi connectivity index (χ1v) is 5.56. The van der Waals surface area contributed by atoms with Gasteiger partial charge in [-0.3, -0.25) is 9.48 Å². The van der Waals surface area contributed by atoms with Crippen LogP contribution in [0.5, 0.6) is 0 Å². The summed E-state index contributed by atoms with van der Waals surface area (Å²) in [4.78, 5) is 29.6. The fourth-order valence-corrected chi connectivity index (χ4v) is 1.60. The Bertz CT molecular complexity index is 575. The molecule has 0 fully saturated rings. The van der Waals surface area contributed by atoms with Crippen molar-refractivity contribution in [3.05, 3.63) is 36.2 Å². The maximum absolute atomic E-state index is 11.8. The Morgan fingerprint density at radius 1 is 1.53 bits per heavy atom. The second-order valence-corrected chi connectivity index (χ2v) is 4.05. The van der Waals surface area contributed by atoms with Crippen molar-refractivity contribution in [1.82, 2.24) is 25.1 Å². The normalized spacial score (nSPS) is 12.1. The van der Waals surface area contributed by atoms with Gasteiger partial charge in [-0.25, -0.2) is 9.78 Å². The minimum Gasteiger partial charge on any atom is -0.480 e. The summed E-state index contributed by atoms with van der Waals surface area (Å²) >= 11 is 0. The third-order valence-electron chi connectivity index (χ3n) is 2.55. The second-order valence-electron chi connectivity index (χ2n) is 4.05. The average molecular weight is 263 g/mol. The highest BCUT2D eigenvalue weighted by atomic mass is 16.4. The third kappa shape index (κ3) is 3.18. The molecule has 0 spiro atoms. The van der Waals surface area contributed by atoms with Gasteiger partial charge in [0.25, 0.3) is 5.91 Å². The van der Waals surface area contributed by atoms with Gasteiger partial charge in [-0.1, -0.05) is 0 Å². The van der Waals surface area contributed by atoms with Gasteiger partial charge in [0.15, 0.2) is 0 Å². The van der Waals surface area contributed by atoms with Crippen LogP contribution < -0.4 is 5.32 Å². The molecule has 3 N–H and O–H groups in total. The number of imidazole rings is 1. The lowest BCUT2D eigenvalue weighted by atomic mass is 10.1. The second kappa shape index (κ2) is 5.34. The van der Waals surface area contributed by atoms with E-state index in [1.54, 1.807) is 7.05 Å². The molecule has 8 heteroatoms. The molecule has 2 rings (SSSR count). The van der Waals surface area contributed by atoms with Gasteiger partial charge in [-0.15, -0.1) is 0 Å². The number of nitrogens with zero attached hydrogens (tertiary/aromatic N) is 3. The molecule has 19 heavy (non-hydrogen) atoms. The zero-order valence-electron chi connectivity index (χ0n) is 10.2. The predicted octanol–water partition coefficient (Wildman–Crippen LogP) is -0.431. The van der Waals surface area contributed by atoms with Gasteiger partial charge in [0.2, 0.25) is 0 Å². The first-order valence-electron chi connectivity index (χ1n) is 5.56. The summed E-state index contributed by atoms with van der Waals surface area (Å²) in [5.41, 5.74) is 0.956. The van der Waals surface area contributed by atoms with Crippen LogP contribution in [0.25, 0.3) is 0 Å². The number of carboxylic acid groups (broad SMARTS) is 1. The number of rotatable bonds is 5. The van der Waals surface area contributed by atoms with E-state index in [1.807, 2.05) is 0 Å². The number of carbonyl (C=O) groups is 2. The third-order valence-corrected chi connectivity index (χ3v) is 2.55. The summed E-state index contributed by atoms with van der Waals surface area (Å²) < 4.78 is 1.47. The Kier molecular flexibility index (Phi) is 3.60. The highest BCUT2D eigenvalue weighted by Crippen LogP contribution is 2.02. The van der Waals surface area contributed by atoms with E-state index in [4.69, 9.17) is 5.11 Å². The van der Waals surface area contributed by atoms with Crippen LogP contribution in [0.3, 0.4) is 0 Å². The van der Waals surface area contributed by atoms with E-state index >= 15 is 0 Å². The van der Waals surface area contributed by atoms with E-state index < -0.39 is 17.9 Å². The molecule has 0 saturated carbocycles. The molecule has 0 bridgehead atoms. The number of aromatic amines is 1. The van der Waals surface area contributed by atoms with Crippen LogP contribution in [0.15, 0.2) is 24.9 Å². The van der Waals surface area contributed by atoms with Gasteiger partial charge in [0.05, 0.1) is 18.1 Å². The van der Waals surface area contributed by atoms with Crippen molar-refractivity contribution in [1.29, 1.82) is 0 Å². The van der Waals surface area contributed by atoms with Gasteiger partial charge >= 0.3 is 5.97 Å². The van der Waals surface area contributed by atoms with E-state index in [9.17, 15) is 9.59 Å². The van der Waals surface area contributed by atoms with E-state index in [0.717, 1.165) is 0 Å². The molecule has 0 aromatic carbocycles. The van der Waals surface area contributed by atoms with Gasteiger partial charge in [-0.05, 0) is 0 Å². The largest absolute Gasteiger partial charge is 0.480 e. The van der Waals surface area contributed by atoms with Crippen molar-refractivity contribution >= 4 is 11.9 Å². The van der Waals surface area contributed by atoms with Crippen LogP contribution in [0.2, 0.25) is 0 Å². The molecule has 1 amide bonds. The smallest absolute Gasteiger partial charge is 0.326 e. The van der Waals surface area contributed by atoms with Gasteiger partial charge < -0.3 is 15.4 Å². The van der Waals surface area contributed by atoms with Gasteiger partial charge in [0, 0.05) is 31.6 Å². The van der Waals surface area contributed by atoms with Crippen molar-refractivity contribution in [2.45, 2.75) is 12.5 Å². The molecular formula is C11H13N5O3. The number of aliphatic carboxylic acids is 1. The van der Waals surface area contributed by atoms with Crippen LogP contribution in [0.4, 0.5) is 0 Å². The predicted molar refractivity (Wildman–Crippen MR) is 64.4 cm³/mol. The number of amides is 1. The number of nitrogens with one attached hydrogen (secondary N) is 2. The summed E-state index contributed by atoms with van der Waals surface area (Å²) in [6, 6.07) is -1.02. The molecule has 0 unspecified atom stereocenters. The Labute approximate surface area is 108 Å². The number of aromatic nitrogens is 4. The molecule has 100 valence electrons. The number of H-pyrrole nitrogens is 1. The van der Waals surface area contributed by atoms with Crippen molar-refractivity contribution in [3.63, 3.8) is 0 Å². The molecule has 2 aromatic heterocycles. The van der Waals surface area contributed by atoms with Crippen molar-refractivity contribution in [2.75, 3.05) is 0 Å². The Balaban J connectivity index is 2.04. The molecule has 0 aliphatic heterocycles. The van der Waals surface area contributed by atoms with Crippen LogP contribution in [-0.4, -0.2) is 42.8 Å². The van der Waals surface area contributed by atoms with Crippen LogP contribution in [-0.2, 0) is 18.3 Å². The first-order chi connectivity index (χ1) is 9.06. The lowest BCUT2D eigenvalue weighted by Gasteiger charge is -2.12. The topological polar surface area (TPSA) is 113 Å². The maximum Gasteiger partial charge on any atom is 0.326 e. The Hall–Kier alpha value is -2.64. The summed E-state index contributed by atoms with van der Waals surface area (Å²) in [5, 5.41) is 15.4. The van der Waals surface area contributed by atoms with Crippen molar-refractivity contribution < 1.29 is 14.7 Å². The van der Waals surface area contributed by atoms with Gasteiger partial charge in [0.1, 0.15) is 6.04 Å². The summed E-state index contributed by atoms with van der Waals surface area (Å²) in [7, 11) is 1.68. The molecule has 0 radical (unpaired) electrons. The van der Waals surface area contributed by atoms with Crippen LogP contribution in [0, 0.1) is 0 Å². The van der Waals surface area contributed by atoms with Gasteiger partial charge in [-0.2, -0.15) is 5.10 Å². The average Bonchev–Trinajstić information content (AvgIpc) is 2.99. The standard InChI is InChI=1S/C11H13N5O3/c1-16-5-7(3-14-16)10(17)15-9(11(18)19)2-8-4-12-6-13-8/h3-6,9H,2H2,1H3,(H,12,13)(H,15,17)(H,18,19)/t9-/m0/s1. The number of carboxylic acids is 1. The molecule has 0 saturated heterocycles. The minimum absolute atomic E-state index is 0.140. The summed E-state index contributed by atoms with van der Waals surface area (Å²) in [6.45, 7) is 0. The lowest BCUT2D eigenvalue weighted by molar-refractivity contribution is -0.139. The number of carbonyl (C=O) groups excluding carboxylic acids is 1. The molecule has 2 heterocycles. The molecule has 1 atom stereocenters. The molecule has 8 nitrogen and oxygen atoms in total. The highest BCUT2D eigenvalue weighted by Gasteiger charge is 2.22. The minimum atomic E-state index is -1.10. The quantitative estimate of drug-likeness (QED) is 0.677. The van der Waals surface area contributed by atoms with Crippen molar-refractivity contribution in [2.24, 2.45) is 7.05 Å². The van der Waals surface area contributed by atoms with E-state index in [0.29, 0.717) is 11.3 Å². The molecule has 2 aromatic rings. The zero-order chi connectivity index (χ0) is 13.8. The molecule has 0 aliphatic carbocycles. The highest BCUT2D eigenvalue weighted by molar-refractivity contribution is 5.96. The number of hydrogen-bond donors (Lipinski definition) is 3. The maximum atomic E-state index is 11.8. The van der Waals surface area contributed by atoms with Crippen LogP contribution >= 0.6 is 0 Å². The lowest BCUT2D eigenvalue weighted by Crippen LogP contribution is -2.42. The summed E-state index contributed by atoms with van der Waals surface area (Å²) in [6.07, 6.45) is 6.01. The number of aryl methyl sites for hydroxylation is 1. The number of hydrogen-bond acceptors (Lipinski definition) is 4. The fourth-order valence-electron chi connectivity index (χ4n) is 1.60. The molecule has 0 aliphatic rings. The van der Waals surface area contributed by atoms with E-state index in [-0.39, 0.29) is 6.42 Å². The SMILES string of the molecule is Cn1cc(C(=O)N[C@@H](Cc2cnc[nH]2)C(=O)O)cn1. The zero-order valence-corrected chi connectivity index (χ0v) is 10.2. The first kappa shape index (κ1) is 12.8. The Morgan fingerprint density at radius 2 is 2.32 bits per heavy atom. The molecular weight excluding hydrogens is 250 g/mol. The van der Waals surface area contributed by atoms with Crippen molar-refractivity contribution in [3.8, 4) is 0 Å². The van der Waals surface area contributed by atoms with E-state index in [1.165, 1.54) is 29.6 Å². The monoisotopic (exact) mass is 263 g/mol. The van der Waals surface area contributed by atoms with E-state index in [2.05, 4.69) is 20.4 Å². The fraction of sp³-hybridized carbons (Fsp3) is 0.273. The summed E-state index contributed by atoms with van der Waals surface area (Å²) in [5.74, 6) is -1.58. The Morgan fingerprint density at radius 3 is 2.84 bits per heavy atom.